The molecule has 2 aromatic heterocycles. The summed E-state index contributed by atoms with van der Waals surface area (Å²) < 4.78 is 25.7. The normalized spacial score (nSPS) is 17.4. The number of nitrogens with zero attached hydrogens (tertiary/aromatic N) is 5. The van der Waals surface area contributed by atoms with Gasteiger partial charge in [-0.15, -0.1) is 0 Å². The van der Waals surface area contributed by atoms with E-state index in [1.165, 1.54) is 0 Å². The summed E-state index contributed by atoms with van der Waals surface area (Å²) in [6.45, 7) is 9.88. The number of carbonyl (C=O) groups is 1. The van der Waals surface area contributed by atoms with Gasteiger partial charge in [0.05, 0.1) is 42.9 Å². The Morgan fingerprint density at radius 2 is 1.92 bits per heavy atom. The molecule has 11 nitrogen and oxygen atoms in total. The van der Waals surface area contributed by atoms with E-state index in [2.05, 4.69) is 30.9 Å². The first-order valence-electron chi connectivity index (χ1n) is 12.4. The molecule has 1 saturated carbocycles. The van der Waals surface area contributed by atoms with Crippen molar-refractivity contribution < 1.29 is 18.7 Å². The monoisotopic (exact) mass is 512 g/mol. The Morgan fingerprint density at radius 1 is 1.24 bits per heavy atom. The molecule has 0 aromatic carbocycles. The zero-order valence-corrected chi connectivity index (χ0v) is 21.5. The molecule has 0 unspecified atom stereocenters. The molecular weight excluding hydrogens is 479 g/mol. The van der Waals surface area contributed by atoms with Crippen LogP contribution >= 0.6 is 0 Å². The van der Waals surface area contributed by atoms with Crippen LogP contribution in [0.15, 0.2) is 18.5 Å². The van der Waals surface area contributed by atoms with Crippen molar-refractivity contribution in [1.82, 2.24) is 20.3 Å². The molecule has 0 bridgehead atoms. The second-order valence-electron chi connectivity index (χ2n) is 10.3. The molecule has 3 N–H and O–H groups in total. The maximum atomic E-state index is 15.0. The molecule has 1 saturated heterocycles. The molecule has 37 heavy (non-hydrogen) atoms. The number of morpholine rings is 1. The Bertz CT molecular complexity index is 1140. The Balaban J connectivity index is 1.49. The van der Waals surface area contributed by atoms with Crippen molar-refractivity contribution in [2.24, 2.45) is 5.92 Å². The SMILES string of the molecule is C[C@H](NC(=O)OC(C)(C)C)[C@H](Nc1nc(Nc2cnc(N3CCOCC3)nc2)c(C#N)cc1F)C1CC1. The van der Waals surface area contributed by atoms with Crippen LogP contribution in [-0.4, -0.2) is 65.0 Å². The van der Waals surface area contributed by atoms with E-state index in [-0.39, 0.29) is 35.2 Å². The molecule has 4 rings (SSSR count). The first kappa shape index (κ1) is 26.3. The van der Waals surface area contributed by atoms with Gasteiger partial charge in [-0.1, -0.05) is 0 Å². The number of amides is 1. The first-order chi connectivity index (χ1) is 17.6. The van der Waals surface area contributed by atoms with Crippen molar-refractivity contribution in [2.75, 3.05) is 41.8 Å². The lowest BCUT2D eigenvalue weighted by atomic mass is 10.0. The van der Waals surface area contributed by atoms with Crippen LogP contribution < -0.4 is 20.9 Å². The molecule has 198 valence electrons. The molecule has 0 radical (unpaired) electrons. The number of hydrogen-bond donors (Lipinski definition) is 3. The molecule has 12 heteroatoms. The van der Waals surface area contributed by atoms with Crippen LogP contribution in [0, 0.1) is 23.1 Å². The standard InChI is InChI=1S/C25H33FN8O3/c1-15(30-24(35)37-25(2,3)4)20(16-5-6-16)32-22-19(26)11-17(12-27)21(33-22)31-18-13-28-23(29-14-18)34-7-9-36-10-8-34/h11,13-16,20H,5-10H2,1-4H3,(H,30,35)(H2,31,32,33)/t15-,20-/m0/s1. The van der Waals surface area contributed by atoms with Gasteiger partial charge in [0.25, 0.3) is 0 Å². The van der Waals surface area contributed by atoms with Crippen LogP contribution in [0.5, 0.6) is 0 Å². The summed E-state index contributed by atoms with van der Waals surface area (Å²) in [5, 5.41) is 18.6. The Kier molecular flexibility index (Phi) is 7.92. The third kappa shape index (κ3) is 7.16. The fourth-order valence-electron chi connectivity index (χ4n) is 4.07. The van der Waals surface area contributed by atoms with Gasteiger partial charge in [0.15, 0.2) is 17.5 Å². The van der Waals surface area contributed by atoms with Crippen LogP contribution in [0.1, 0.15) is 46.1 Å². The number of nitriles is 1. The number of carbonyl (C=O) groups excluding carboxylic acids is 1. The number of alkyl carbamates (subject to hydrolysis) is 1. The molecule has 1 amide bonds. The Morgan fingerprint density at radius 3 is 2.51 bits per heavy atom. The lowest BCUT2D eigenvalue weighted by molar-refractivity contribution is 0.0501. The highest BCUT2D eigenvalue weighted by molar-refractivity contribution is 5.68. The lowest BCUT2D eigenvalue weighted by Gasteiger charge is -2.28. The molecule has 0 spiro atoms. The summed E-state index contributed by atoms with van der Waals surface area (Å²) in [6.07, 6.45) is 4.55. The van der Waals surface area contributed by atoms with Crippen molar-refractivity contribution >= 4 is 29.4 Å². The topological polar surface area (TPSA) is 137 Å². The zero-order chi connectivity index (χ0) is 26.6. The number of nitrogens with one attached hydrogen (secondary N) is 3. The molecule has 1 aliphatic heterocycles. The predicted octanol–water partition coefficient (Wildman–Crippen LogP) is 3.57. The van der Waals surface area contributed by atoms with Crippen molar-refractivity contribution in [2.45, 2.75) is 58.2 Å². The largest absolute Gasteiger partial charge is 0.444 e. The highest BCUT2D eigenvalue weighted by Gasteiger charge is 2.37. The van der Waals surface area contributed by atoms with Gasteiger partial charge in [0.1, 0.15) is 11.7 Å². The molecule has 2 aliphatic rings. The van der Waals surface area contributed by atoms with E-state index in [9.17, 15) is 14.4 Å². The van der Waals surface area contributed by atoms with Crippen LogP contribution in [0.3, 0.4) is 0 Å². The second-order valence-corrected chi connectivity index (χ2v) is 10.3. The third-order valence-corrected chi connectivity index (χ3v) is 6.01. The van der Waals surface area contributed by atoms with Crippen molar-refractivity contribution in [3.63, 3.8) is 0 Å². The highest BCUT2D eigenvalue weighted by Crippen LogP contribution is 2.36. The molecule has 2 fully saturated rings. The Hall–Kier alpha value is -3.72. The summed E-state index contributed by atoms with van der Waals surface area (Å²) in [5.74, 6) is 0.344. The minimum Gasteiger partial charge on any atom is -0.444 e. The van der Waals surface area contributed by atoms with Crippen LogP contribution in [0.2, 0.25) is 0 Å². The smallest absolute Gasteiger partial charge is 0.407 e. The first-order valence-corrected chi connectivity index (χ1v) is 12.4. The Labute approximate surface area is 215 Å². The minimum absolute atomic E-state index is 0.0120. The molecule has 3 heterocycles. The van der Waals surface area contributed by atoms with Gasteiger partial charge in [-0.3, -0.25) is 0 Å². The quantitative estimate of drug-likeness (QED) is 0.481. The number of hydrogen-bond acceptors (Lipinski definition) is 10. The number of aromatic nitrogens is 3. The third-order valence-electron chi connectivity index (χ3n) is 6.01. The summed E-state index contributed by atoms with van der Waals surface area (Å²) in [4.78, 5) is 27.5. The number of ether oxygens (including phenoxy) is 2. The van der Waals surface area contributed by atoms with Gasteiger partial charge >= 0.3 is 6.09 Å². The summed E-state index contributed by atoms with van der Waals surface area (Å²) in [6, 6.07) is 2.49. The summed E-state index contributed by atoms with van der Waals surface area (Å²) in [5.41, 5.74) is -0.0712. The van der Waals surface area contributed by atoms with Crippen molar-refractivity contribution in [1.29, 1.82) is 5.26 Å². The average molecular weight is 513 g/mol. The number of pyridine rings is 1. The molecule has 2 aromatic rings. The van der Waals surface area contributed by atoms with E-state index in [1.807, 2.05) is 17.9 Å². The van der Waals surface area contributed by atoms with Crippen LogP contribution in [0.25, 0.3) is 0 Å². The average Bonchev–Trinajstić information content (AvgIpc) is 3.69. The van der Waals surface area contributed by atoms with E-state index >= 15 is 0 Å². The zero-order valence-electron chi connectivity index (χ0n) is 21.5. The van der Waals surface area contributed by atoms with E-state index in [0.717, 1.165) is 18.9 Å². The summed E-state index contributed by atoms with van der Waals surface area (Å²) in [7, 11) is 0. The van der Waals surface area contributed by atoms with Gasteiger partial charge in [0, 0.05) is 19.1 Å². The van der Waals surface area contributed by atoms with E-state index in [4.69, 9.17) is 9.47 Å². The van der Waals surface area contributed by atoms with Crippen molar-refractivity contribution in [3.8, 4) is 6.07 Å². The van der Waals surface area contributed by atoms with Gasteiger partial charge < -0.3 is 30.3 Å². The van der Waals surface area contributed by atoms with Crippen LogP contribution in [-0.2, 0) is 9.47 Å². The number of rotatable bonds is 8. The number of halogens is 1. The van der Waals surface area contributed by atoms with E-state index < -0.39 is 17.5 Å². The maximum Gasteiger partial charge on any atom is 0.407 e. The van der Waals surface area contributed by atoms with Gasteiger partial charge in [-0.25, -0.2) is 24.1 Å². The highest BCUT2D eigenvalue weighted by atomic mass is 19.1. The predicted molar refractivity (Wildman–Crippen MR) is 136 cm³/mol. The maximum absolute atomic E-state index is 15.0. The fraction of sp³-hybridized carbons (Fsp3) is 0.560. The number of anilines is 4. The minimum atomic E-state index is -0.656. The molecular formula is C25H33FN8O3. The van der Waals surface area contributed by atoms with E-state index in [1.54, 1.807) is 33.2 Å². The van der Waals surface area contributed by atoms with Crippen LogP contribution in [0.4, 0.5) is 32.5 Å². The second kappa shape index (κ2) is 11.1. The molecule has 1 aliphatic carbocycles. The van der Waals surface area contributed by atoms with Gasteiger partial charge in [-0.05, 0) is 52.5 Å². The fourth-order valence-corrected chi connectivity index (χ4v) is 4.07. The van der Waals surface area contributed by atoms with Gasteiger partial charge in [0.2, 0.25) is 5.95 Å². The lowest BCUT2D eigenvalue weighted by Crippen LogP contribution is -2.47. The molecule has 2 atom stereocenters. The van der Waals surface area contributed by atoms with Gasteiger partial charge in [-0.2, -0.15) is 5.26 Å². The van der Waals surface area contributed by atoms with E-state index in [0.29, 0.717) is 37.9 Å². The summed E-state index contributed by atoms with van der Waals surface area (Å²) >= 11 is 0. The van der Waals surface area contributed by atoms with Crippen molar-refractivity contribution in [3.05, 3.63) is 29.8 Å².